The smallest absolute Gasteiger partial charge is 0.170 e. The summed E-state index contributed by atoms with van der Waals surface area (Å²) in [5.41, 5.74) is 3.98. The van der Waals surface area contributed by atoms with Crippen LogP contribution in [0.1, 0.15) is 38.8 Å². The van der Waals surface area contributed by atoms with Gasteiger partial charge in [0.1, 0.15) is 23.7 Å². The maximum absolute atomic E-state index is 14.3. The summed E-state index contributed by atoms with van der Waals surface area (Å²) in [6.45, 7) is 8.05. The molecule has 0 saturated heterocycles. The summed E-state index contributed by atoms with van der Waals surface area (Å²) in [5, 5.41) is 23.2. The zero-order valence-electron chi connectivity index (χ0n) is 17.9. The van der Waals surface area contributed by atoms with Crippen LogP contribution in [-0.2, 0) is 6.54 Å². The quantitative estimate of drug-likeness (QED) is 0.483. The van der Waals surface area contributed by atoms with Crippen LogP contribution in [0.2, 0.25) is 0 Å². The van der Waals surface area contributed by atoms with E-state index in [9.17, 15) is 4.39 Å². The lowest BCUT2D eigenvalue weighted by Gasteiger charge is -2.18. The third kappa shape index (κ3) is 4.27. The van der Waals surface area contributed by atoms with Crippen LogP contribution in [0.15, 0.2) is 42.4 Å². The van der Waals surface area contributed by atoms with Gasteiger partial charge in [0, 0.05) is 40.7 Å². The van der Waals surface area contributed by atoms with Crippen LogP contribution in [0.25, 0.3) is 11.2 Å². The fourth-order valence-electron chi connectivity index (χ4n) is 3.52. The molecule has 30 heavy (non-hydrogen) atoms. The van der Waals surface area contributed by atoms with Crippen molar-refractivity contribution >= 4 is 22.7 Å². The first kappa shape index (κ1) is 21.3. The monoisotopic (exact) mass is 410 g/mol. The van der Waals surface area contributed by atoms with Crippen molar-refractivity contribution in [3.63, 3.8) is 0 Å². The lowest BCUT2D eigenvalue weighted by molar-refractivity contribution is 0.405. The van der Waals surface area contributed by atoms with Crippen LogP contribution in [-0.4, -0.2) is 33.5 Å². The normalized spacial score (nSPS) is 12.1. The molecule has 0 aliphatic carbocycles. The second kappa shape index (κ2) is 8.94. The first-order chi connectivity index (χ1) is 14.3. The molecule has 3 aromatic rings. The molecule has 1 aromatic carbocycles. The van der Waals surface area contributed by atoms with Gasteiger partial charge in [-0.15, -0.1) is 10.2 Å². The van der Waals surface area contributed by atoms with E-state index >= 15 is 0 Å². The summed E-state index contributed by atoms with van der Waals surface area (Å²) >= 11 is 0. The van der Waals surface area contributed by atoms with Crippen molar-refractivity contribution in [1.29, 1.82) is 5.41 Å². The molecular weight excluding hydrogens is 383 g/mol. The Balaban J connectivity index is 2.00. The van der Waals surface area contributed by atoms with Gasteiger partial charge in [-0.25, -0.2) is 4.39 Å². The molecule has 0 amide bonds. The van der Waals surface area contributed by atoms with Crippen molar-refractivity contribution in [1.82, 2.24) is 19.9 Å². The second-order valence-electron chi connectivity index (χ2n) is 7.36. The minimum Gasteiger partial charge on any atom is -0.496 e. The number of pyridine rings is 1. The average molecular weight is 410 g/mol. The van der Waals surface area contributed by atoms with Crippen molar-refractivity contribution in [3.05, 3.63) is 59.3 Å². The van der Waals surface area contributed by atoms with Gasteiger partial charge in [0.05, 0.1) is 7.11 Å². The Morgan fingerprint density at radius 3 is 2.67 bits per heavy atom. The molecule has 7 nitrogen and oxygen atoms in total. The Morgan fingerprint density at radius 1 is 1.23 bits per heavy atom. The maximum atomic E-state index is 14.3. The molecule has 0 unspecified atom stereocenters. The summed E-state index contributed by atoms with van der Waals surface area (Å²) in [7, 11) is 1.52. The van der Waals surface area contributed by atoms with Crippen molar-refractivity contribution in [2.75, 3.05) is 12.4 Å². The van der Waals surface area contributed by atoms with E-state index in [-0.39, 0.29) is 18.4 Å². The average Bonchev–Trinajstić information content (AvgIpc) is 3.17. The number of halogens is 1. The molecule has 158 valence electrons. The van der Waals surface area contributed by atoms with Crippen LogP contribution in [0.5, 0.6) is 5.75 Å². The molecule has 0 bridgehead atoms. The van der Waals surface area contributed by atoms with Gasteiger partial charge in [-0.3, -0.25) is 4.40 Å². The second-order valence-corrected chi connectivity index (χ2v) is 7.36. The lowest BCUT2D eigenvalue weighted by atomic mass is 10.0. The van der Waals surface area contributed by atoms with E-state index < -0.39 is 0 Å². The largest absolute Gasteiger partial charge is 0.496 e. The third-order valence-corrected chi connectivity index (χ3v) is 4.72. The van der Waals surface area contributed by atoms with Crippen molar-refractivity contribution in [2.24, 2.45) is 0 Å². The number of anilines is 1. The summed E-state index contributed by atoms with van der Waals surface area (Å²) < 4.78 is 21.3. The van der Waals surface area contributed by atoms with Gasteiger partial charge in [0.15, 0.2) is 5.65 Å². The van der Waals surface area contributed by atoms with Gasteiger partial charge in [-0.1, -0.05) is 6.07 Å². The Labute approximate surface area is 175 Å². The fraction of sp³-hybridized carbons (Fsp3) is 0.318. The topological polar surface area (TPSA) is 87.3 Å². The lowest BCUT2D eigenvalue weighted by Crippen LogP contribution is -2.22. The van der Waals surface area contributed by atoms with Crippen LogP contribution in [0, 0.1) is 11.2 Å². The minimum absolute atomic E-state index is 0.239. The number of fused-ring (bicyclic) bond motifs is 1. The van der Waals surface area contributed by atoms with Crippen molar-refractivity contribution in [2.45, 2.75) is 40.3 Å². The standard InChI is InChI=1S/C22H27FN6O/c1-13(2)27-15(4)21(14(3)24)16-9-10-20(29-12-26-28-22(16)29)25-11-17-18(23)7-6-8-19(17)30-5/h6-10,12-13,24-25,27H,11H2,1-5H3/b21-15+,24-14?. The van der Waals surface area contributed by atoms with Crippen LogP contribution >= 0.6 is 0 Å². The Kier molecular flexibility index (Phi) is 6.34. The molecule has 8 heteroatoms. The number of rotatable bonds is 8. The molecule has 0 radical (unpaired) electrons. The maximum Gasteiger partial charge on any atom is 0.170 e. The number of nitrogens with one attached hydrogen (secondary N) is 3. The van der Waals surface area contributed by atoms with Gasteiger partial charge in [-0.2, -0.15) is 0 Å². The van der Waals surface area contributed by atoms with Crippen LogP contribution in [0.3, 0.4) is 0 Å². The molecular formula is C22H27FN6O. The van der Waals surface area contributed by atoms with E-state index in [2.05, 4.69) is 34.7 Å². The Hall–Kier alpha value is -3.42. The zero-order chi connectivity index (χ0) is 21.8. The predicted octanol–water partition coefficient (Wildman–Crippen LogP) is 4.26. The molecule has 0 fully saturated rings. The molecule has 3 rings (SSSR count). The molecule has 0 spiro atoms. The van der Waals surface area contributed by atoms with Crippen LogP contribution < -0.4 is 15.4 Å². The third-order valence-electron chi connectivity index (χ3n) is 4.72. The molecule has 3 N–H and O–H groups in total. The van der Waals surface area contributed by atoms with E-state index in [1.54, 1.807) is 29.8 Å². The number of methoxy groups -OCH3 is 1. The van der Waals surface area contributed by atoms with E-state index in [4.69, 9.17) is 10.1 Å². The number of hydrogen-bond donors (Lipinski definition) is 3. The fourth-order valence-corrected chi connectivity index (χ4v) is 3.52. The summed E-state index contributed by atoms with van der Waals surface area (Å²) in [6.07, 6.45) is 1.60. The van der Waals surface area contributed by atoms with Crippen LogP contribution in [0.4, 0.5) is 10.2 Å². The SMILES string of the molecule is COc1cccc(F)c1CNc1ccc(/C(C(C)=N)=C(\C)NC(C)C)c2nncn12. The van der Waals surface area contributed by atoms with E-state index in [1.807, 2.05) is 19.1 Å². The van der Waals surface area contributed by atoms with Crippen molar-refractivity contribution in [3.8, 4) is 5.75 Å². The van der Waals surface area contributed by atoms with Gasteiger partial charge in [0.2, 0.25) is 0 Å². The minimum atomic E-state index is -0.335. The molecule has 2 aromatic heterocycles. The van der Waals surface area contributed by atoms with Gasteiger partial charge in [0.25, 0.3) is 0 Å². The number of ether oxygens (including phenoxy) is 1. The summed E-state index contributed by atoms with van der Waals surface area (Å²) in [4.78, 5) is 0. The van der Waals surface area contributed by atoms with Crippen molar-refractivity contribution < 1.29 is 9.13 Å². The first-order valence-corrected chi connectivity index (χ1v) is 9.74. The summed E-state index contributed by atoms with van der Waals surface area (Å²) in [6, 6.07) is 8.78. The zero-order valence-corrected chi connectivity index (χ0v) is 17.9. The predicted molar refractivity (Wildman–Crippen MR) is 118 cm³/mol. The molecule has 2 heterocycles. The number of aromatic nitrogens is 3. The molecule has 0 aliphatic heterocycles. The van der Waals surface area contributed by atoms with E-state index in [1.165, 1.54) is 13.2 Å². The number of allylic oxidation sites excluding steroid dienone is 2. The van der Waals surface area contributed by atoms with Gasteiger partial charge >= 0.3 is 0 Å². The highest BCUT2D eigenvalue weighted by atomic mass is 19.1. The molecule has 0 atom stereocenters. The Bertz CT molecular complexity index is 1100. The number of benzene rings is 1. The summed E-state index contributed by atoms with van der Waals surface area (Å²) in [5.74, 6) is 0.859. The highest BCUT2D eigenvalue weighted by Crippen LogP contribution is 2.27. The molecule has 0 aliphatic rings. The van der Waals surface area contributed by atoms with Gasteiger partial charge in [-0.05, 0) is 52.0 Å². The Morgan fingerprint density at radius 2 is 2.00 bits per heavy atom. The highest BCUT2D eigenvalue weighted by Gasteiger charge is 2.17. The first-order valence-electron chi connectivity index (χ1n) is 9.74. The highest BCUT2D eigenvalue weighted by molar-refractivity contribution is 6.23. The molecule has 0 saturated carbocycles. The van der Waals surface area contributed by atoms with E-state index in [0.717, 1.165) is 16.8 Å². The number of nitrogens with zero attached hydrogens (tertiary/aromatic N) is 3. The van der Waals surface area contributed by atoms with Gasteiger partial charge < -0.3 is 20.8 Å². The number of hydrogen-bond acceptors (Lipinski definition) is 6. The van der Waals surface area contributed by atoms with E-state index in [0.29, 0.717) is 28.5 Å².